The molecular formula is C12H13BrClN3O2S. The van der Waals surface area contributed by atoms with Gasteiger partial charge in [-0.25, -0.2) is 8.42 Å². The first-order valence-electron chi connectivity index (χ1n) is 5.87. The monoisotopic (exact) mass is 377 g/mol. The normalized spacial score (nSPS) is 11.6. The van der Waals surface area contributed by atoms with Gasteiger partial charge in [0, 0.05) is 11.2 Å². The maximum Gasteiger partial charge on any atom is 0.233 e. The second-order valence-electron chi connectivity index (χ2n) is 4.16. The van der Waals surface area contributed by atoms with E-state index in [9.17, 15) is 8.42 Å². The molecule has 0 fully saturated rings. The van der Waals surface area contributed by atoms with Gasteiger partial charge in [0.1, 0.15) is 0 Å². The van der Waals surface area contributed by atoms with Gasteiger partial charge in [-0.05, 0) is 40.5 Å². The summed E-state index contributed by atoms with van der Waals surface area (Å²) < 4.78 is 27.7. The number of sulfonamides is 1. The molecule has 2 rings (SSSR count). The molecule has 5 nitrogen and oxygen atoms in total. The summed E-state index contributed by atoms with van der Waals surface area (Å²) in [5, 5.41) is 4.88. The summed E-state index contributed by atoms with van der Waals surface area (Å²) in [6.45, 7) is 2.10. The third-order valence-electron chi connectivity index (χ3n) is 2.61. The molecule has 0 aliphatic heterocycles. The molecule has 0 bridgehead atoms. The molecule has 0 aliphatic rings. The highest BCUT2D eigenvalue weighted by atomic mass is 79.9. The zero-order valence-corrected chi connectivity index (χ0v) is 13.8. The Labute approximate surface area is 131 Å². The predicted molar refractivity (Wildman–Crippen MR) is 83.6 cm³/mol. The summed E-state index contributed by atoms with van der Waals surface area (Å²) in [4.78, 5) is 0. The third-order valence-corrected chi connectivity index (χ3v) is 4.70. The van der Waals surface area contributed by atoms with Crippen LogP contribution in [0.4, 0.5) is 5.82 Å². The van der Waals surface area contributed by atoms with Crippen molar-refractivity contribution in [3.63, 3.8) is 0 Å². The van der Waals surface area contributed by atoms with Gasteiger partial charge in [0.15, 0.2) is 5.82 Å². The minimum absolute atomic E-state index is 0.00346. The molecule has 1 aromatic heterocycles. The minimum Gasteiger partial charge on any atom is -0.265 e. The fraction of sp³-hybridized carbons (Fsp3) is 0.250. The number of benzene rings is 1. The van der Waals surface area contributed by atoms with Crippen molar-refractivity contribution in [1.82, 2.24) is 9.78 Å². The van der Waals surface area contributed by atoms with Crippen LogP contribution < -0.4 is 4.72 Å². The van der Waals surface area contributed by atoms with Crippen molar-refractivity contribution in [2.45, 2.75) is 13.5 Å². The summed E-state index contributed by atoms with van der Waals surface area (Å²) >= 11 is 9.12. The number of hydrogen-bond acceptors (Lipinski definition) is 3. The van der Waals surface area contributed by atoms with Crippen molar-refractivity contribution in [3.05, 3.63) is 45.5 Å². The van der Waals surface area contributed by atoms with E-state index in [2.05, 4.69) is 25.8 Å². The van der Waals surface area contributed by atoms with Crippen molar-refractivity contribution in [1.29, 1.82) is 0 Å². The number of nitrogens with one attached hydrogen (secondary N) is 1. The van der Waals surface area contributed by atoms with Crippen molar-refractivity contribution in [2.75, 3.05) is 10.5 Å². The van der Waals surface area contributed by atoms with Crippen LogP contribution in [0.15, 0.2) is 34.9 Å². The zero-order valence-electron chi connectivity index (χ0n) is 10.7. The lowest BCUT2D eigenvalue weighted by Crippen LogP contribution is -2.15. The largest absolute Gasteiger partial charge is 0.265 e. The van der Waals surface area contributed by atoms with Crippen LogP contribution in [0.3, 0.4) is 0 Å². The van der Waals surface area contributed by atoms with E-state index in [1.54, 1.807) is 29.9 Å². The average Bonchev–Trinajstić information content (AvgIpc) is 2.72. The fourth-order valence-electron chi connectivity index (χ4n) is 1.54. The van der Waals surface area contributed by atoms with E-state index in [1.165, 1.54) is 0 Å². The highest BCUT2D eigenvalue weighted by Gasteiger charge is 2.13. The van der Waals surface area contributed by atoms with Gasteiger partial charge >= 0.3 is 0 Å². The van der Waals surface area contributed by atoms with E-state index < -0.39 is 10.0 Å². The molecule has 8 heteroatoms. The van der Waals surface area contributed by atoms with Gasteiger partial charge in [-0.3, -0.25) is 9.40 Å². The van der Waals surface area contributed by atoms with Gasteiger partial charge < -0.3 is 0 Å². The fourth-order valence-corrected chi connectivity index (χ4v) is 2.81. The van der Waals surface area contributed by atoms with Crippen LogP contribution >= 0.6 is 27.5 Å². The number of hydrogen-bond donors (Lipinski definition) is 1. The quantitative estimate of drug-likeness (QED) is 0.869. The van der Waals surface area contributed by atoms with Crippen LogP contribution in [-0.4, -0.2) is 24.0 Å². The van der Waals surface area contributed by atoms with Gasteiger partial charge in [-0.1, -0.05) is 23.7 Å². The smallest absolute Gasteiger partial charge is 0.233 e. The lowest BCUT2D eigenvalue weighted by atomic mass is 10.2. The number of rotatable bonds is 5. The Morgan fingerprint density at radius 2 is 2.00 bits per heavy atom. The number of aromatic nitrogens is 2. The molecule has 1 aromatic carbocycles. The first-order chi connectivity index (χ1) is 9.39. The Hall–Kier alpha value is -1.05. The summed E-state index contributed by atoms with van der Waals surface area (Å²) in [7, 11) is -3.33. The van der Waals surface area contributed by atoms with Gasteiger partial charge in [0.2, 0.25) is 10.0 Å². The molecule has 0 saturated carbocycles. The molecular weight excluding hydrogens is 366 g/mol. The molecule has 0 aliphatic carbocycles. The molecule has 2 aromatic rings. The van der Waals surface area contributed by atoms with Crippen LogP contribution in [0.25, 0.3) is 0 Å². The Bertz CT molecular complexity index is 698. The maximum absolute atomic E-state index is 11.5. The van der Waals surface area contributed by atoms with E-state index in [-0.39, 0.29) is 5.75 Å². The highest BCUT2D eigenvalue weighted by Crippen LogP contribution is 2.22. The van der Waals surface area contributed by atoms with Gasteiger partial charge in [-0.15, -0.1) is 0 Å². The predicted octanol–water partition coefficient (Wildman–Crippen LogP) is 3.11. The van der Waals surface area contributed by atoms with E-state index in [1.807, 2.05) is 12.1 Å². The first kappa shape index (κ1) is 15.3. The van der Waals surface area contributed by atoms with Crippen molar-refractivity contribution in [3.8, 4) is 0 Å². The second-order valence-corrected chi connectivity index (χ2v) is 7.46. The number of anilines is 1. The van der Waals surface area contributed by atoms with Crippen molar-refractivity contribution in [2.24, 2.45) is 0 Å². The van der Waals surface area contributed by atoms with Crippen LogP contribution in [0, 0.1) is 0 Å². The van der Waals surface area contributed by atoms with E-state index in [0.717, 1.165) is 5.56 Å². The third kappa shape index (κ3) is 3.97. The van der Waals surface area contributed by atoms with Gasteiger partial charge in [0.05, 0.1) is 16.8 Å². The Morgan fingerprint density at radius 1 is 1.35 bits per heavy atom. The molecule has 0 saturated heterocycles. The van der Waals surface area contributed by atoms with Crippen LogP contribution in [-0.2, 0) is 16.6 Å². The van der Waals surface area contributed by atoms with Crippen LogP contribution in [0.2, 0.25) is 5.02 Å². The van der Waals surface area contributed by atoms with Gasteiger partial charge in [-0.2, -0.15) is 5.10 Å². The summed E-state index contributed by atoms with van der Waals surface area (Å²) in [5.74, 6) is 0.296. The van der Waals surface area contributed by atoms with Crippen LogP contribution in [0.1, 0.15) is 12.5 Å². The summed E-state index contributed by atoms with van der Waals surface area (Å²) in [6.07, 6.45) is 1.72. The molecule has 0 unspecified atom stereocenters. The van der Waals surface area contributed by atoms with E-state index >= 15 is 0 Å². The van der Waals surface area contributed by atoms with Crippen molar-refractivity contribution < 1.29 is 8.42 Å². The summed E-state index contributed by atoms with van der Waals surface area (Å²) in [5.41, 5.74) is 1.02. The average molecular weight is 379 g/mol. The standard InChI is InChI=1S/C12H13BrClN3O2S/c1-2-20(18,19)16-12-11(13)8-17(15-12)7-9-3-5-10(14)6-4-9/h3-6,8H,2,7H2,1H3,(H,15,16). The molecule has 0 amide bonds. The second kappa shape index (κ2) is 6.15. The first-order valence-corrected chi connectivity index (χ1v) is 8.70. The number of nitrogens with zero attached hydrogens (tertiary/aromatic N) is 2. The summed E-state index contributed by atoms with van der Waals surface area (Å²) in [6, 6.07) is 7.40. The molecule has 0 radical (unpaired) electrons. The molecule has 0 spiro atoms. The van der Waals surface area contributed by atoms with E-state index in [0.29, 0.717) is 21.9 Å². The lowest BCUT2D eigenvalue weighted by Gasteiger charge is -2.03. The van der Waals surface area contributed by atoms with Gasteiger partial charge in [0.25, 0.3) is 0 Å². The molecule has 1 heterocycles. The van der Waals surface area contributed by atoms with Crippen molar-refractivity contribution >= 4 is 43.4 Å². The highest BCUT2D eigenvalue weighted by molar-refractivity contribution is 9.10. The Kier molecular flexibility index (Phi) is 4.72. The Balaban J connectivity index is 2.17. The van der Waals surface area contributed by atoms with E-state index in [4.69, 9.17) is 11.6 Å². The number of halogens is 2. The topological polar surface area (TPSA) is 64.0 Å². The maximum atomic E-state index is 11.5. The Morgan fingerprint density at radius 3 is 2.60 bits per heavy atom. The molecule has 1 N–H and O–H groups in total. The lowest BCUT2D eigenvalue weighted by molar-refractivity contribution is 0.601. The molecule has 108 valence electrons. The zero-order chi connectivity index (χ0) is 14.8. The molecule has 0 atom stereocenters. The minimum atomic E-state index is -3.33. The molecule has 20 heavy (non-hydrogen) atoms. The van der Waals surface area contributed by atoms with Crippen LogP contribution in [0.5, 0.6) is 0 Å². The SMILES string of the molecule is CCS(=O)(=O)Nc1nn(Cc2ccc(Cl)cc2)cc1Br.